The quantitative estimate of drug-likeness (QED) is 0.0740. The molecular formula is C30H59NO5S. The van der Waals surface area contributed by atoms with Crippen molar-refractivity contribution >= 4 is 23.6 Å². The predicted molar refractivity (Wildman–Crippen MR) is 157 cm³/mol. The van der Waals surface area contributed by atoms with Gasteiger partial charge in [-0.3, -0.25) is 4.79 Å². The maximum Gasteiger partial charge on any atom is 0.330 e. The normalized spacial score (nSPS) is 14.2. The predicted octanol–water partition coefficient (Wildman–Crippen LogP) is 7.55. The Labute approximate surface area is 232 Å². The summed E-state index contributed by atoms with van der Waals surface area (Å²) in [5, 5.41) is 13.5. The number of carbonyl (C=O) groups excluding carboxylic acids is 2. The summed E-state index contributed by atoms with van der Waals surface area (Å²) in [6.45, 7) is 12.2. The maximum atomic E-state index is 12.7. The summed E-state index contributed by atoms with van der Waals surface area (Å²) in [5.41, 5.74) is -0.647. The summed E-state index contributed by atoms with van der Waals surface area (Å²) in [4.78, 5) is 24.2. The van der Waals surface area contributed by atoms with Gasteiger partial charge >= 0.3 is 5.97 Å². The van der Waals surface area contributed by atoms with E-state index < -0.39 is 22.5 Å². The number of aliphatic hydroxyl groups is 1. The number of nitrogens with one attached hydrogen (secondary N) is 1. The second kappa shape index (κ2) is 22.1. The molecule has 0 aromatic carbocycles. The lowest BCUT2D eigenvalue weighted by Crippen LogP contribution is -2.46. The van der Waals surface area contributed by atoms with Crippen molar-refractivity contribution in [1.82, 2.24) is 5.32 Å². The van der Waals surface area contributed by atoms with Crippen LogP contribution >= 0.6 is 11.8 Å². The average molecular weight is 546 g/mol. The molecule has 0 aliphatic heterocycles. The summed E-state index contributed by atoms with van der Waals surface area (Å²) in [5.74, 6) is -0.386. The zero-order chi connectivity index (χ0) is 28.0. The molecular weight excluding hydrogens is 486 g/mol. The number of hydrogen-bond acceptors (Lipinski definition) is 6. The van der Waals surface area contributed by atoms with Gasteiger partial charge in [-0.05, 0) is 40.5 Å². The first-order valence-electron chi connectivity index (χ1n) is 15.0. The molecule has 0 saturated heterocycles. The van der Waals surface area contributed by atoms with E-state index in [0.717, 1.165) is 32.1 Å². The van der Waals surface area contributed by atoms with Crippen LogP contribution < -0.4 is 5.32 Å². The van der Waals surface area contributed by atoms with Crippen molar-refractivity contribution in [2.45, 2.75) is 161 Å². The van der Waals surface area contributed by atoms with E-state index in [0.29, 0.717) is 13.0 Å². The van der Waals surface area contributed by atoms with Crippen LogP contribution in [0.5, 0.6) is 0 Å². The Morgan fingerprint density at radius 3 is 1.76 bits per heavy atom. The molecule has 2 N–H and O–H groups in total. The Hall–Kier alpha value is -0.790. The fraction of sp³-hybridized carbons (Fsp3) is 0.933. The third kappa shape index (κ3) is 24.0. The Kier molecular flexibility index (Phi) is 21.6. The summed E-state index contributed by atoms with van der Waals surface area (Å²) in [6.07, 6.45) is 18.7. The molecule has 2 atom stereocenters. The first-order valence-corrected chi connectivity index (χ1v) is 16.0. The van der Waals surface area contributed by atoms with Crippen molar-refractivity contribution < 1.29 is 24.2 Å². The standard InChI is InChI=1S/C30H59NO5S/c1-7-9-11-12-13-14-15-16-17-18-19-20-21-22-27(32)31-26(28(33)36-29(3,4)5)24-37-30(6,34)25-35-23-10-8-2/h26,34H,7-25H2,1-6H3,(H,31,32)/t26-,30?/m0/s1. The Bertz CT molecular complexity index is 577. The van der Waals surface area contributed by atoms with E-state index in [-0.39, 0.29) is 18.3 Å². The van der Waals surface area contributed by atoms with Crippen LogP contribution in [0.25, 0.3) is 0 Å². The third-order valence-electron chi connectivity index (χ3n) is 6.11. The first kappa shape index (κ1) is 36.2. The van der Waals surface area contributed by atoms with Crippen molar-refractivity contribution in [3.63, 3.8) is 0 Å². The van der Waals surface area contributed by atoms with Gasteiger partial charge in [-0.15, -0.1) is 11.8 Å². The van der Waals surface area contributed by atoms with Crippen LogP contribution in [-0.2, 0) is 19.1 Å². The highest BCUT2D eigenvalue weighted by molar-refractivity contribution is 8.00. The highest BCUT2D eigenvalue weighted by Gasteiger charge is 2.30. The van der Waals surface area contributed by atoms with Crippen molar-refractivity contribution in [2.75, 3.05) is 19.0 Å². The van der Waals surface area contributed by atoms with Crippen molar-refractivity contribution in [3.05, 3.63) is 0 Å². The highest BCUT2D eigenvalue weighted by Crippen LogP contribution is 2.24. The number of unbranched alkanes of at least 4 members (excludes halogenated alkanes) is 13. The number of carbonyl (C=O) groups is 2. The minimum absolute atomic E-state index is 0.140. The van der Waals surface area contributed by atoms with Crippen molar-refractivity contribution in [3.8, 4) is 0 Å². The number of hydrogen-bond donors (Lipinski definition) is 2. The lowest BCUT2D eigenvalue weighted by Gasteiger charge is -2.27. The first-order chi connectivity index (χ1) is 17.5. The van der Waals surface area contributed by atoms with Gasteiger partial charge in [0.1, 0.15) is 16.6 Å². The van der Waals surface area contributed by atoms with Gasteiger partial charge < -0.3 is 19.9 Å². The number of ether oxygens (including phenoxy) is 2. The molecule has 0 saturated carbocycles. The smallest absolute Gasteiger partial charge is 0.330 e. The molecule has 37 heavy (non-hydrogen) atoms. The minimum Gasteiger partial charge on any atom is -0.458 e. The summed E-state index contributed by atoms with van der Waals surface area (Å²) in [7, 11) is 0. The van der Waals surface area contributed by atoms with Gasteiger partial charge in [0, 0.05) is 18.8 Å². The molecule has 6 nitrogen and oxygen atoms in total. The summed E-state index contributed by atoms with van der Waals surface area (Å²) in [6, 6.07) is -0.805. The van der Waals surface area contributed by atoms with Gasteiger partial charge in [-0.25, -0.2) is 4.79 Å². The topological polar surface area (TPSA) is 84.9 Å². The van der Waals surface area contributed by atoms with Crippen LogP contribution in [0.3, 0.4) is 0 Å². The molecule has 0 heterocycles. The molecule has 0 fully saturated rings. The van der Waals surface area contributed by atoms with E-state index in [1.165, 1.54) is 76.0 Å². The second-order valence-electron chi connectivity index (χ2n) is 11.5. The molecule has 0 aliphatic rings. The fourth-order valence-corrected chi connectivity index (χ4v) is 4.84. The third-order valence-corrected chi connectivity index (χ3v) is 7.35. The van der Waals surface area contributed by atoms with Crippen LogP contribution in [-0.4, -0.2) is 52.5 Å². The van der Waals surface area contributed by atoms with E-state index >= 15 is 0 Å². The Morgan fingerprint density at radius 2 is 1.27 bits per heavy atom. The molecule has 7 heteroatoms. The van der Waals surface area contributed by atoms with Crippen LogP contribution in [0.1, 0.15) is 144 Å². The lowest BCUT2D eigenvalue weighted by molar-refractivity contribution is -0.157. The second-order valence-corrected chi connectivity index (χ2v) is 13.0. The SMILES string of the molecule is CCCCCCCCCCCCCCCC(=O)N[C@@H](CSC(C)(O)COCCCC)C(=O)OC(C)(C)C. The molecule has 0 aliphatic carbocycles. The van der Waals surface area contributed by atoms with Gasteiger partial charge in [0.2, 0.25) is 5.91 Å². The fourth-order valence-electron chi connectivity index (χ4n) is 3.92. The van der Waals surface area contributed by atoms with E-state index in [4.69, 9.17) is 9.47 Å². The van der Waals surface area contributed by atoms with Crippen LogP contribution in [0.4, 0.5) is 0 Å². The van der Waals surface area contributed by atoms with Crippen molar-refractivity contribution in [1.29, 1.82) is 0 Å². The average Bonchev–Trinajstić information content (AvgIpc) is 2.81. The van der Waals surface area contributed by atoms with Crippen LogP contribution in [0, 0.1) is 0 Å². The van der Waals surface area contributed by atoms with Gasteiger partial charge in [-0.1, -0.05) is 97.3 Å². The number of esters is 1. The largest absolute Gasteiger partial charge is 0.458 e. The molecule has 0 radical (unpaired) electrons. The maximum absolute atomic E-state index is 12.7. The molecule has 220 valence electrons. The lowest BCUT2D eigenvalue weighted by atomic mass is 10.0. The summed E-state index contributed by atoms with van der Waals surface area (Å²) < 4.78 is 11.1. The molecule has 1 amide bonds. The Balaban J connectivity index is 4.26. The van der Waals surface area contributed by atoms with Gasteiger partial charge in [-0.2, -0.15) is 0 Å². The van der Waals surface area contributed by atoms with Gasteiger partial charge in [0.05, 0.1) is 6.61 Å². The van der Waals surface area contributed by atoms with Crippen LogP contribution in [0.15, 0.2) is 0 Å². The van der Waals surface area contributed by atoms with Crippen LogP contribution in [0.2, 0.25) is 0 Å². The number of thioether (sulfide) groups is 1. The highest BCUT2D eigenvalue weighted by atomic mass is 32.2. The molecule has 0 spiro atoms. The molecule has 0 bridgehead atoms. The number of rotatable bonds is 24. The molecule has 0 rings (SSSR count). The van der Waals surface area contributed by atoms with E-state index in [9.17, 15) is 14.7 Å². The number of amides is 1. The molecule has 0 aromatic heterocycles. The molecule has 0 aromatic rings. The zero-order valence-electron chi connectivity index (χ0n) is 25.0. The van der Waals surface area contributed by atoms with Gasteiger partial charge in [0.15, 0.2) is 0 Å². The summed E-state index contributed by atoms with van der Waals surface area (Å²) >= 11 is 1.20. The van der Waals surface area contributed by atoms with E-state index in [1.54, 1.807) is 6.92 Å². The minimum atomic E-state index is -1.15. The van der Waals surface area contributed by atoms with Gasteiger partial charge in [0.25, 0.3) is 0 Å². The Morgan fingerprint density at radius 1 is 0.784 bits per heavy atom. The van der Waals surface area contributed by atoms with E-state index in [2.05, 4.69) is 19.2 Å². The van der Waals surface area contributed by atoms with E-state index in [1.807, 2.05) is 20.8 Å². The van der Waals surface area contributed by atoms with Crippen molar-refractivity contribution in [2.24, 2.45) is 0 Å². The molecule has 1 unspecified atom stereocenters. The monoisotopic (exact) mass is 545 g/mol. The zero-order valence-corrected chi connectivity index (χ0v) is 25.8.